The number of hydrogen-bond donors (Lipinski definition) is 1. The van der Waals surface area contributed by atoms with Crippen LogP contribution >= 0.6 is 35.6 Å². The fourth-order valence-corrected chi connectivity index (χ4v) is 2.91. The Kier molecular flexibility index (Phi) is 3.51. The third kappa shape index (κ3) is 2.09. The maximum Gasteiger partial charge on any atom is 0.229 e. The van der Waals surface area contributed by atoms with Gasteiger partial charge in [-0.3, -0.25) is 14.5 Å². The molecule has 7 heteroatoms. The number of carbonyl (C=O) groups is 2. The minimum Gasteiger partial charge on any atom is -0.297 e. The molecule has 1 unspecified atom stereocenters. The average Bonchev–Trinajstić information content (AvgIpc) is 2.81. The smallest absolute Gasteiger partial charge is 0.229 e. The third-order valence-electron chi connectivity index (χ3n) is 2.40. The van der Waals surface area contributed by atoms with E-state index in [0.717, 1.165) is 11.3 Å². The molecule has 1 aliphatic heterocycles. The van der Waals surface area contributed by atoms with Gasteiger partial charge in [-0.1, -0.05) is 22.9 Å². The molecule has 0 spiro atoms. The second-order valence-corrected chi connectivity index (χ2v) is 5.26. The standard InChI is InChI=1S/C9H9ClN2O2S2/c10-8-6(3-13)16-9(11-8)12-2-5(4-15)1-7(12)14/h3,5,15H,1-2,4H2. The lowest BCUT2D eigenvalue weighted by molar-refractivity contribution is -0.117. The lowest BCUT2D eigenvalue weighted by Gasteiger charge is -2.11. The van der Waals surface area contributed by atoms with Crippen LogP contribution in [0.3, 0.4) is 0 Å². The van der Waals surface area contributed by atoms with Crippen molar-refractivity contribution >= 4 is 52.9 Å². The van der Waals surface area contributed by atoms with Crippen LogP contribution in [-0.4, -0.2) is 29.5 Å². The molecular weight excluding hydrogens is 268 g/mol. The number of hydrogen-bond acceptors (Lipinski definition) is 5. The molecule has 1 saturated heterocycles. The van der Waals surface area contributed by atoms with E-state index in [4.69, 9.17) is 11.6 Å². The number of anilines is 1. The SMILES string of the molecule is O=Cc1sc(N2CC(CS)CC2=O)nc1Cl. The normalized spacial score (nSPS) is 20.5. The van der Waals surface area contributed by atoms with Crippen molar-refractivity contribution in [1.29, 1.82) is 0 Å². The van der Waals surface area contributed by atoms with E-state index in [1.54, 1.807) is 4.90 Å². The van der Waals surface area contributed by atoms with Crippen LogP contribution in [0.1, 0.15) is 16.1 Å². The van der Waals surface area contributed by atoms with E-state index in [9.17, 15) is 9.59 Å². The largest absolute Gasteiger partial charge is 0.297 e. The molecule has 4 nitrogen and oxygen atoms in total. The molecular formula is C9H9ClN2O2S2. The molecule has 0 bridgehead atoms. The van der Waals surface area contributed by atoms with Crippen molar-refractivity contribution in [2.24, 2.45) is 5.92 Å². The maximum atomic E-state index is 11.7. The van der Waals surface area contributed by atoms with E-state index < -0.39 is 0 Å². The number of aromatic nitrogens is 1. The molecule has 1 aliphatic rings. The van der Waals surface area contributed by atoms with Crippen molar-refractivity contribution in [2.75, 3.05) is 17.2 Å². The molecule has 1 atom stereocenters. The van der Waals surface area contributed by atoms with E-state index in [2.05, 4.69) is 17.6 Å². The predicted octanol–water partition coefficient (Wildman–Crippen LogP) is 1.89. The van der Waals surface area contributed by atoms with Crippen molar-refractivity contribution in [3.63, 3.8) is 0 Å². The molecule has 2 heterocycles. The Morgan fingerprint density at radius 1 is 1.69 bits per heavy atom. The topological polar surface area (TPSA) is 50.3 Å². The van der Waals surface area contributed by atoms with Crippen LogP contribution in [0.15, 0.2) is 0 Å². The van der Waals surface area contributed by atoms with Crippen molar-refractivity contribution in [3.05, 3.63) is 10.0 Å². The van der Waals surface area contributed by atoms with Gasteiger partial charge in [0.05, 0.1) is 0 Å². The van der Waals surface area contributed by atoms with Gasteiger partial charge in [0.1, 0.15) is 4.88 Å². The molecule has 0 saturated carbocycles. The van der Waals surface area contributed by atoms with Gasteiger partial charge in [-0.15, -0.1) is 0 Å². The fraction of sp³-hybridized carbons (Fsp3) is 0.444. The van der Waals surface area contributed by atoms with Crippen LogP contribution in [-0.2, 0) is 4.79 Å². The van der Waals surface area contributed by atoms with Crippen LogP contribution in [0, 0.1) is 5.92 Å². The summed E-state index contributed by atoms with van der Waals surface area (Å²) in [7, 11) is 0. The molecule has 86 valence electrons. The first kappa shape index (κ1) is 11.9. The molecule has 1 aromatic rings. The Morgan fingerprint density at radius 3 is 2.94 bits per heavy atom. The van der Waals surface area contributed by atoms with Gasteiger partial charge < -0.3 is 0 Å². The average molecular weight is 277 g/mol. The molecule has 0 N–H and O–H groups in total. The van der Waals surface area contributed by atoms with Gasteiger partial charge in [0, 0.05) is 13.0 Å². The van der Waals surface area contributed by atoms with Crippen molar-refractivity contribution < 1.29 is 9.59 Å². The summed E-state index contributed by atoms with van der Waals surface area (Å²) < 4.78 is 0. The monoisotopic (exact) mass is 276 g/mol. The predicted molar refractivity (Wildman–Crippen MR) is 66.8 cm³/mol. The van der Waals surface area contributed by atoms with Crippen LogP contribution in [0.4, 0.5) is 5.13 Å². The number of thiazole rings is 1. The maximum absolute atomic E-state index is 11.7. The lowest BCUT2D eigenvalue weighted by atomic mass is 10.1. The van der Waals surface area contributed by atoms with Crippen molar-refractivity contribution in [2.45, 2.75) is 6.42 Å². The summed E-state index contributed by atoms with van der Waals surface area (Å²) in [6.45, 7) is 0.602. The van der Waals surface area contributed by atoms with Crippen molar-refractivity contribution in [3.8, 4) is 0 Å². The highest BCUT2D eigenvalue weighted by Crippen LogP contribution is 2.32. The van der Waals surface area contributed by atoms with Crippen molar-refractivity contribution in [1.82, 2.24) is 4.98 Å². The summed E-state index contributed by atoms with van der Waals surface area (Å²) in [4.78, 5) is 28.3. The summed E-state index contributed by atoms with van der Waals surface area (Å²) in [6.07, 6.45) is 1.14. The van der Waals surface area contributed by atoms with E-state index in [-0.39, 0.29) is 17.0 Å². The Bertz CT molecular complexity index is 435. The van der Waals surface area contributed by atoms with Gasteiger partial charge in [-0.05, 0) is 11.7 Å². The van der Waals surface area contributed by atoms with Gasteiger partial charge in [-0.2, -0.15) is 12.6 Å². The molecule has 0 radical (unpaired) electrons. The minimum atomic E-state index is 0.0157. The Labute approximate surface area is 107 Å². The zero-order valence-corrected chi connectivity index (χ0v) is 10.7. The zero-order chi connectivity index (χ0) is 11.7. The minimum absolute atomic E-state index is 0.0157. The highest BCUT2D eigenvalue weighted by molar-refractivity contribution is 7.80. The Morgan fingerprint density at radius 2 is 2.44 bits per heavy atom. The molecule has 2 rings (SSSR count). The second kappa shape index (κ2) is 4.73. The fourth-order valence-electron chi connectivity index (χ4n) is 1.58. The van der Waals surface area contributed by atoms with E-state index in [1.165, 1.54) is 0 Å². The van der Waals surface area contributed by atoms with E-state index in [1.807, 2.05) is 0 Å². The first-order chi connectivity index (χ1) is 7.65. The number of thiol groups is 1. The van der Waals surface area contributed by atoms with Gasteiger partial charge in [0.25, 0.3) is 0 Å². The van der Waals surface area contributed by atoms with E-state index >= 15 is 0 Å². The molecule has 1 amide bonds. The van der Waals surface area contributed by atoms with Gasteiger partial charge in [0.2, 0.25) is 5.91 Å². The highest BCUT2D eigenvalue weighted by atomic mass is 35.5. The first-order valence-corrected chi connectivity index (χ1v) is 6.51. The summed E-state index contributed by atoms with van der Waals surface area (Å²) >= 11 is 11.1. The van der Waals surface area contributed by atoms with Gasteiger partial charge in [-0.25, -0.2) is 4.98 Å². The second-order valence-electron chi connectivity index (χ2n) is 3.53. The summed E-state index contributed by atoms with van der Waals surface area (Å²) in [6, 6.07) is 0. The van der Waals surface area contributed by atoms with Crippen LogP contribution in [0.25, 0.3) is 0 Å². The van der Waals surface area contributed by atoms with Crippen LogP contribution < -0.4 is 4.90 Å². The van der Waals surface area contributed by atoms with E-state index in [0.29, 0.717) is 35.0 Å². The number of rotatable bonds is 3. The molecule has 1 aromatic heterocycles. The molecule has 1 fully saturated rings. The number of nitrogens with zero attached hydrogens (tertiary/aromatic N) is 2. The highest BCUT2D eigenvalue weighted by Gasteiger charge is 2.32. The molecule has 0 aromatic carbocycles. The van der Waals surface area contributed by atoms with Crippen LogP contribution in [0.5, 0.6) is 0 Å². The zero-order valence-electron chi connectivity index (χ0n) is 8.22. The number of halogens is 1. The number of carbonyl (C=O) groups excluding carboxylic acids is 2. The van der Waals surface area contributed by atoms with Gasteiger partial charge >= 0.3 is 0 Å². The number of aldehydes is 1. The summed E-state index contributed by atoms with van der Waals surface area (Å²) in [5.41, 5.74) is 0. The summed E-state index contributed by atoms with van der Waals surface area (Å²) in [5, 5.41) is 0.665. The quantitative estimate of drug-likeness (QED) is 0.678. The van der Waals surface area contributed by atoms with Crippen LogP contribution in [0.2, 0.25) is 5.15 Å². The Balaban J connectivity index is 2.24. The third-order valence-corrected chi connectivity index (χ3v) is 4.32. The molecule has 0 aliphatic carbocycles. The van der Waals surface area contributed by atoms with Gasteiger partial charge in [0.15, 0.2) is 16.6 Å². The number of amides is 1. The lowest BCUT2D eigenvalue weighted by Crippen LogP contribution is -2.24. The molecule has 16 heavy (non-hydrogen) atoms. The summed E-state index contributed by atoms with van der Waals surface area (Å²) in [5.74, 6) is 0.933. The first-order valence-electron chi connectivity index (χ1n) is 4.68. The Hall–Kier alpha value is -0.590.